The largest absolute Gasteiger partial charge is 0.480 e. The number of nitrogens with one attached hydrogen (secondary N) is 1. The Balaban J connectivity index is 2.65. The third kappa shape index (κ3) is 5.62. The molecule has 21 heavy (non-hydrogen) atoms. The van der Waals surface area contributed by atoms with Crippen molar-refractivity contribution in [1.29, 1.82) is 0 Å². The fourth-order valence-electron chi connectivity index (χ4n) is 1.89. The van der Waals surface area contributed by atoms with E-state index in [9.17, 15) is 14.4 Å². The minimum Gasteiger partial charge on any atom is -0.480 e. The summed E-state index contributed by atoms with van der Waals surface area (Å²) in [4.78, 5) is 33.6. The summed E-state index contributed by atoms with van der Waals surface area (Å²) in [5.41, 5.74) is 12.1. The van der Waals surface area contributed by atoms with Crippen LogP contribution in [0.3, 0.4) is 0 Å². The topological polar surface area (TPSA) is 136 Å². The van der Waals surface area contributed by atoms with Crippen molar-refractivity contribution < 1.29 is 19.5 Å². The lowest BCUT2D eigenvalue weighted by Gasteiger charge is -2.14. The maximum atomic E-state index is 11.9. The van der Waals surface area contributed by atoms with Crippen LogP contribution >= 0.6 is 0 Å². The van der Waals surface area contributed by atoms with Crippen LogP contribution in [-0.4, -0.2) is 28.9 Å². The number of benzene rings is 1. The average molecular weight is 293 g/mol. The maximum Gasteiger partial charge on any atom is 0.326 e. The highest BCUT2D eigenvalue weighted by molar-refractivity contribution is 5.85. The van der Waals surface area contributed by atoms with Crippen molar-refractivity contribution in [2.24, 2.45) is 11.5 Å². The molecule has 1 aromatic carbocycles. The predicted molar refractivity (Wildman–Crippen MR) is 76.0 cm³/mol. The minimum absolute atomic E-state index is 0.0328. The highest BCUT2D eigenvalue weighted by Crippen LogP contribution is 2.09. The molecule has 0 unspecified atom stereocenters. The molecule has 0 aliphatic rings. The van der Waals surface area contributed by atoms with Crippen LogP contribution in [-0.2, 0) is 27.3 Å². The normalized spacial score (nSPS) is 11.7. The van der Waals surface area contributed by atoms with Crippen molar-refractivity contribution in [2.45, 2.75) is 31.8 Å². The smallest absolute Gasteiger partial charge is 0.326 e. The van der Waals surface area contributed by atoms with Crippen LogP contribution in [0.2, 0.25) is 0 Å². The molecular formula is C14H19N3O4. The van der Waals surface area contributed by atoms with E-state index in [0.717, 1.165) is 11.1 Å². The van der Waals surface area contributed by atoms with Gasteiger partial charge in [-0.1, -0.05) is 24.3 Å². The van der Waals surface area contributed by atoms with Gasteiger partial charge in [0.15, 0.2) is 0 Å². The number of amides is 2. The molecular weight excluding hydrogens is 274 g/mol. The summed E-state index contributed by atoms with van der Waals surface area (Å²) in [5.74, 6) is -2.24. The second kappa shape index (κ2) is 8.01. The molecule has 0 aliphatic heterocycles. The molecule has 0 aliphatic carbocycles. The Hall–Kier alpha value is -2.41. The van der Waals surface area contributed by atoms with Gasteiger partial charge in [-0.05, 0) is 17.5 Å². The zero-order chi connectivity index (χ0) is 15.8. The van der Waals surface area contributed by atoms with E-state index < -0.39 is 23.8 Å². The number of primary amides is 1. The van der Waals surface area contributed by atoms with Gasteiger partial charge < -0.3 is 21.9 Å². The number of rotatable bonds is 8. The maximum absolute atomic E-state index is 11.9. The van der Waals surface area contributed by atoms with E-state index in [2.05, 4.69) is 5.32 Å². The molecule has 6 N–H and O–H groups in total. The van der Waals surface area contributed by atoms with E-state index in [1.54, 1.807) is 12.1 Å². The van der Waals surface area contributed by atoms with Crippen molar-refractivity contribution in [1.82, 2.24) is 5.32 Å². The van der Waals surface area contributed by atoms with Gasteiger partial charge in [-0.15, -0.1) is 0 Å². The van der Waals surface area contributed by atoms with Gasteiger partial charge in [-0.3, -0.25) is 9.59 Å². The van der Waals surface area contributed by atoms with Crippen molar-refractivity contribution >= 4 is 17.8 Å². The van der Waals surface area contributed by atoms with Crippen molar-refractivity contribution in [3.05, 3.63) is 35.4 Å². The summed E-state index contributed by atoms with van der Waals surface area (Å²) in [7, 11) is 0. The van der Waals surface area contributed by atoms with Gasteiger partial charge >= 0.3 is 5.97 Å². The summed E-state index contributed by atoms with van der Waals surface area (Å²) >= 11 is 0. The molecule has 0 saturated carbocycles. The lowest BCUT2D eigenvalue weighted by molar-refractivity contribution is -0.142. The number of hydrogen-bond donors (Lipinski definition) is 4. The first-order valence-electron chi connectivity index (χ1n) is 6.51. The first kappa shape index (κ1) is 16.6. The van der Waals surface area contributed by atoms with E-state index in [1.165, 1.54) is 0 Å². The molecule has 0 aromatic heterocycles. The zero-order valence-electron chi connectivity index (χ0n) is 11.5. The summed E-state index contributed by atoms with van der Waals surface area (Å²) in [6.45, 7) is 0.299. The SMILES string of the molecule is NCc1ccccc1CC(=O)N[C@H](CCC(N)=O)C(=O)O. The van der Waals surface area contributed by atoms with Gasteiger partial charge in [0.05, 0.1) is 6.42 Å². The average Bonchev–Trinajstić information content (AvgIpc) is 2.43. The van der Waals surface area contributed by atoms with Gasteiger partial charge in [0.2, 0.25) is 11.8 Å². The van der Waals surface area contributed by atoms with Crippen molar-refractivity contribution in [3.8, 4) is 0 Å². The lowest BCUT2D eigenvalue weighted by atomic mass is 10.0. The summed E-state index contributed by atoms with van der Waals surface area (Å²) in [6, 6.07) is 6.04. The van der Waals surface area contributed by atoms with Crippen molar-refractivity contribution in [3.63, 3.8) is 0 Å². The number of hydrogen-bond acceptors (Lipinski definition) is 4. The molecule has 0 saturated heterocycles. The monoisotopic (exact) mass is 293 g/mol. The number of carboxylic acid groups (broad SMARTS) is 1. The number of nitrogens with two attached hydrogens (primary N) is 2. The van der Waals surface area contributed by atoms with E-state index in [0.29, 0.717) is 6.54 Å². The molecule has 0 radical (unpaired) electrons. The standard InChI is InChI=1S/C14H19N3O4/c15-8-10-4-2-1-3-9(10)7-13(19)17-11(14(20)21)5-6-12(16)18/h1-4,11H,5-8,15H2,(H2,16,18)(H,17,19)(H,20,21)/t11-/m1/s1. The van der Waals surface area contributed by atoms with Gasteiger partial charge in [-0.25, -0.2) is 4.79 Å². The highest BCUT2D eigenvalue weighted by Gasteiger charge is 2.20. The van der Waals surface area contributed by atoms with Gasteiger partial charge in [-0.2, -0.15) is 0 Å². The van der Waals surface area contributed by atoms with Crippen LogP contribution < -0.4 is 16.8 Å². The molecule has 0 heterocycles. The Kier molecular flexibility index (Phi) is 6.35. The number of aliphatic carboxylic acids is 1. The fourth-order valence-corrected chi connectivity index (χ4v) is 1.89. The Bertz CT molecular complexity index is 531. The van der Waals surface area contributed by atoms with Crippen LogP contribution in [0.1, 0.15) is 24.0 Å². The van der Waals surface area contributed by atoms with E-state index in [-0.39, 0.29) is 19.3 Å². The van der Waals surface area contributed by atoms with Crippen LogP contribution in [0.15, 0.2) is 24.3 Å². The second-order valence-electron chi connectivity index (χ2n) is 4.61. The van der Waals surface area contributed by atoms with E-state index in [4.69, 9.17) is 16.6 Å². The second-order valence-corrected chi connectivity index (χ2v) is 4.61. The van der Waals surface area contributed by atoms with Gasteiger partial charge in [0.25, 0.3) is 0 Å². The van der Waals surface area contributed by atoms with Crippen LogP contribution in [0.25, 0.3) is 0 Å². The zero-order valence-corrected chi connectivity index (χ0v) is 11.5. The summed E-state index contributed by atoms with van der Waals surface area (Å²) < 4.78 is 0. The molecule has 7 nitrogen and oxygen atoms in total. The van der Waals surface area contributed by atoms with Gasteiger partial charge in [0.1, 0.15) is 6.04 Å². The van der Waals surface area contributed by atoms with Crippen LogP contribution in [0.4, 0.5) is 0 Å². The Morgan fingerprint density at radius 3 is 2.33 bits per heavy atom. The predicted octanol–water partition coefficient (Wildman–Crippen LogP) is -0.477. The molecule has 0 bridgehead atoms. The molecule has 114 valence electrons. The fraction of sp³-hybridized carbons (Fsp3) is 0.357. The van der Waals surface area contributed by atoms with Crippen LogP contribution in [0.5, 0.6) is 0 Å². The van der Waals surface area contributed by atoms with E-state index in [1.807, 2.05) is 12.1 Å². The van der Waals surface area contributed by atoms with E-state index >= 15 is 0 Å². The minimum atomic E-state index is -1.20. The Morgan fingerprint density at radius 1 is 1.19 bits per heavy atom. The quantitative estimate of drug-likeness (QED) is 0.513. The Labute approximate surface area is 122 Å². The molecule has 0 spiro atoms. The third-order valence-corrected chi connectivity index (χ3v) is 3.00. The summed E-state index contributed by atoms with van der Waals surface area (Å²) in [6.07, 6.45) is -0.0979. The first-order chi connectivity index (χ1) is 9.93. The lowest BCUT2D eigenvalue weighted by Crippen LogP contribution is -2.42. The molecule has 1 rings (SSSR count). The third-order valence-electron chi connectivity index (χ3n) is 3.00. The molecule has 1 atom stereocenters. The van der Waals surface area contributed by atoms with Gasteiger partial charge in [0, 0.05) is 13.0 Å². The molecule has 2 amide bonds. The summed E-state index contributed by atoms with van der Waals surface area (Å²) in [5, 5.41) is 11.4. The first-order valence-corrected chi connectivity index (χ1v) is 6.51. The number of carbonyl (C=O) groups excluding carboxylic acids is 2. The molecule has 1 aromatic rings. The van der Waals surface area contributed by atoms with Crippen LogP contribution in [0, 0.1) is 0 Å². The van der Waals surface area contributed by atoms with Crippen molar-refractivity contribution in [2.75, 3.05) is 0 Å². The Morgan fingerprint density at radius 2 is 1.81 bits per heavy atom. The number of carboxylic acids is 1. The number of carbonyl (C=O) groups is 3. The highest BCUT2D eigenvalue weighted by atomic mass is 16.4. The molecule has 0 fully saturated rings. The molecule has 7 heteroatoms.